The number of rotatable bonds is 6. The molecule has 26 heavy (non-hydrogen) atoms. The van der Waals surface area contributed by atoms with E-state index < -0.39 is 0 Å². The Bertz CT molecular complexity index is 727. The quantitative estimate of drug-likeness (QED) is 0.567. The van der Waals surface area contributed by atoms with Gasteiger partial charge in [0.15, 0.2) is 0 Å². The highest BCUT2D eigenvalue weighted by Gasteiger charge is 2.20. The fourth-order valence-corrected chi connectivity index (χ4v) is 4.39. The molecule has 0 spiro atoms. The van der Waals surface area contributed by atoms with Gasteiger partial charge in [0.05, 0.1) is 7.11 Å². The van der Waals surface area contributed by atoms with Gasteiger partial charge in [-0.25, -0.2) is 4.39 Å². The Kier molecular flexibility index (Phi) is 6.96. The Morgan fingerprint density at radius 1 is 1.19 bits per heavy atom. The second-order valence-corrected chi connectivity index (χ2v) is 8.30. The number of hydrogen-bond acceptors (Lipinski definition) is 2. The van der Waals surface area contributed by atoms with Crippen molar-refractivity contribution in [2.75, 3.05) is 26.7 Å². The molecule has 1 saturated heterocycles. The lowest BCUT2D eigenvalue weighted by molar-refractivity contribution is 0.186. The smallest absolute Gasteiger partial charge is 0.124 e. The van der Waals surface area contributed by atoms with E-state index in [0.717, 1.165) is 66.1 Å². The zero-order valence-electron chi connectivity index (χ0n) is 15.0. The van der Waals surface area contributed by atoms with Crippen LogP contribution in [0.1, 0.15) is 24.0 Å². The summed E-state index contributed by atoms with van der Waals surface area (Å²) in [6, 6.07) is 11.1. The maximum atomic E-state index is 13.5. The molecule has 140 valence electrons. The normalized spacial score (nSPS) is 16.0. The Labute approximate surface area is 168 Å². The minimum atomic E-state index is -0.164. The molecule has 3 rings (SSSR count). The molecule has 1 fully saturated rings. The van der Waals surface area contributed by atoms with E-state index in [9.17, 15) is 4.39 Å². The van der Waals surface area contributed by atoms with Crippen molar-refractivity contribution >= 4 is 27.5 Å². The van der Waals surface area contributed by atoms with E-state index in [1.54, 1.807) is 13.2 Å². The minimum absolute atomic E-state index is 0.164. The summed E-state index contributed by atoms with van der Waals surface area (Å²) in [5, 5.41) is 0.774. The summed E-state index contributed by atoms with van der Waals surface area (Å²) in [5.41, 5.74) is 2.25. The molecule has 0 aromatic heterocycles. The van der Waals surface area contributed by atoms with Crippen molar-refractivity contribution in [2.24, 2.45) is 5.92 Å². The number of ether oxygens (including phenoxy) is 1. The molecule has 0 N–H and O–H groups in total. The molecule has 1 heterocycles. The Hall–Kier alpha value is -1.10. The van der Waals surface area contributed by atoms with Gasteiger partial charge in [0.1, 0.15) is 11.6 Å². The largest absolute Gasteiger partial charge is 0.497 e. The van der Waals surface area contributed by atoms with E-state index in [0.29, 0.717) is 5.92 Å². The van der Waals surface area contributed by atoms with Crippen LogP contribution < -0.4 is 4.74 Å². The molecule has 0 radical (unpaired) electrons. The van der Waals surface area contributed by atoms with Gasteiger partial charge in [-0.3, -0.25) is 0 Å². The molecule has 0 amide bonds. The highest BCUT2D eigenvalue weighted by molar-refractivity contribution is 9.10. The molecule has 2 nitrogen and oxygen atoms in total. The third-order valence-electron chi connectivity index (χ3n) is 5.11. The maximum Gasteiger partial charge on any atom is 0.124 e. The first-order chi connectivity index (χ1) is 12.5. The maximum absolute atomic E-state index is 13.5. The van der Waals surface area contributed by atoms with Crippen molar-refractivity contribution in [2.45, 2.75) is 25.7 Å². The lowest BCUT2D eigenvalue weighted by Crippen LogP contribution is -2.35. The summed E-state index contributed by atoms with van der Waals surface area (Å²) in [6.07, 6.45) is 4.22. The van der Waals surface area contributed by atoms with Crippen molar-refractivity contribution in [3.05, 3.63) is 62.8 Å². The van der Waals surface area contributed by atoms with Crippen molar-refractivity contribution in [1.29, 1.82) is 0 Å². The van der Waals surface area contributed by atoms with E-state index in [2.05, 4.69) is 26.9 Å². The van der Waals surface area contributed by atoms with Gasteiger partial charge in [-0.1, -0.05) is 33.6 Å². The molecule has 1 aliphatic rings. The Morgan fingerprint density at radius 2 is 1.96 bits per heavy atom. The number of nitrogens with zero attached hydrogens (tertiary/aromatic N) is 1. The van der Waals surface area contributed by atoms with Crippen LogP contribution in [0.2, 0.25) is 5.02 Å². The van der Waals surface area contributed by atoms with Gasteiger partial charge < -0.3 is 9.64 Å². The van der Waals surface area contributed by atoms with Crippen molar-refractivity contribution < 1.29 is 9.13 Å². The van der Waals surface area contributed by atoms with Crippen LogP contribution in [0.4, 0.5) is 4.39 Å². The second-order valence-electron chi connectivity index (χ2n) is 6.97. The summed E-state index contributed by atoms with van der Waals surface area (Å²) in [6.45, 7) is 3.20. The predicted molar refractivity (Wildman–Crippen MR) is 109 cm³/mol. The van der Waals surface area contributed by atoms with Crippen LogP contribution in [0, 0.1) is 11.7 Å². The fourth-order valence-electron chi connectivity index (χ4n) is 3.61. The third kappa shape index (κ3) is 5.45. The van der Waals surface area contributed by atoms with Crippen LogP contribution in [0.15, 0.2) is 40.9 Å². The lowest BCUT2D eigenvalue weighted by Gasteiger charge is -2.32. The zero-order valence-corrected chi connectivity index (χ0v) is 17.3. The van der Waals surface area contributed by atoms with E-state index in [4.69, 9.17) is 16.3 Å². The van der Waals surface area contributed by atoms with Gasteiger partial charge in [0, 0.05) is 16.0 Å². The predicted octanol–water partition coefficient (Wildman–Crippen LogP) is 5.75. The molecule has 2 aromatic carbocycles. The monoisotopic (exact) mass is 439 g/mol. The number of hydrogen-bond donors (Lipinski definition) is 0. The number of benzene rings is 2. The first kappa shape index (κ1) is 19.7. The Balaban J connectivity index is 1.46. The van der Waals surface area contributed by atoms with Crippen LogP contribution in [0.3, 0.4) is 0 Å². The molecule has 0 unspecified atom stereocenters. The molecule has 1 aliphatic heterocycles. The lowest BCUT2D eigenvalue weighted by atomic mass is 9.90. The molecule has 0 bridgehead atoms. The van der Waals surface area contributed by atoms with E-state index in [1.807, 2.05) is 18.2 Å². The zero-order chi connectivity index (χ0) is 18.5. The summed E-state index contributed by atoms with van der Waals surface area (Å²) < 4.78 is 19.5. The van der Waals surface area contributed by atoms with Gasteiger partial charge >= 0.3 is 0 Å². The molecule has 0 atom stereocenters. The number of likely N-dealkylation sites (tertiary alicyclic amines) is 1. The second kappa shape index (κ2) is 9.20. The highest BCUT2D eigenvalue weighted by atomic mass is 79.9. The summed E-state index contributed by atoms with van der Waals surface area (Å²) >= 11 is 9.71. The Morgan fingerprint density at radius 3 is 2.62 bits per heavy atom. The summed E-state index contributed by atoms with van der Waals surface area (Å²) in [5.74, 6) is 1.26. The molecule has 5 heteroatoms. The summed E-state index contributed by atoms with van der Waals surface area (Å²) in [4.78, 5) is 2.50. The topological polar surface area (TPSA) is 12.5 Å². The fraction of sp³-hybridized carbons (Fsp3) is 0.429. The van der Waals surface area contributed by atoms with Crippen molar-refractivity contribution in [1.82, 2.24) is 4.90 Å². The average Bonchev–Trinajstić information content (AvgIpc) is 2.61. The number of methoxy groups -OCH3 is 1. The molecular weight excluding hydrogens is 417 g/mol. The number of piperidine rings is 1. The van der Waals surface area contributed by atoms with Gasteiger partial charge in [0.25, 0.3) is 0 Å². The van der Waals surface area contributed by atoms with Gasteiger partial charge in [-0.15, -0.1) is 0 Å². The van der Waals surface area contributed by atoms with Crippen LogP contribution >= 0.6 is 27.5 Å². The van der Waals surface area contributed by atoms with E-state index >= 15 is 0 Å². The van der Waals surface area contributed by atoms with Crippen LogP contribution in [0.5, 0.6) is 5.75 Å². The number of halogens is 3. The minimum Gasteiger partial charge on any atom is -0.497 e. The van der Waals surface area contributed by atoms with Gasteiger partial charge in [-0.2, -0.15) is 0 Å². The molecule has 0 aliphatic carbocycles. The van der Waals surface area contributed by atoms with Gasteiger partial charge in [-0.05, 0) is 86.1 Å². The van der Waals surface area contributed by atoms with Crippen LogP contribution in [-0.4, -0.2) is 31.6 Å². The van der Waals surface area contributed by atoms with E-state index in [1.165, 1.54) is 11.6 Å². The van der Waals surface area contributed by atoms with Crippen LogP contribution in [0.25, 0.3) is 0 Å². The first-order valence-corrected chi connectivity index (χ1v) is 10.2. The van der Waals surface area contributed by atoms with E-state index in [-0.39, 0.29) is 5.82 Å². The van der Waals surface area contributed by atoms with Gasteiger partial charge in [0.2, 0.25) is 0 Å². The standard InChI is InChI=1S/C21H24BrClFNO/c1-26-20-3-2-17(21(23)14-20)6-9-25-7-4-15(5-8-25)10-16-11-18(22)13-19(24)12-16/h2-3,11-15H,4-10H2,1H3. The molecule has 0 saturated carbocycles. The highest BCUT2D eigenvalue weighted by Crippen LogP contribution is 2.26. The molecule has 2 aromatic rings. The summed E-state index contributed by atoms with van der Waals surface area (Å²) in [7, 11) is 1.65. The first-order valence-electron chi connectivity index (χ1n) is 9.03. The third-order valence-corrected chi connectivity index (χ3v) is 5.92. The van der Waals surface area contributed by atoms with Crippen molar-refractivity contribution in [3.63, 3.8) is 0 Å². The van der Waals surface area contributed by atoms with Crippen molar-refractivity contribution in [3.8, 4) is 5.75 Å². The van der Waals surface area contributed by atoms with Crippen LogP contribution in [-0.2, 0) is 12.8 Å². The molecular formula is C21H24BrClFNO. The SMILES string of the molecule is COc1ccc(CCN2CCC(Cc3cc(F)cc(Br)c3)CC2)c(Cl)c1. The average molecular weight is 441 g/mol.